The van der Waals surface area contributed by atoms with Crippen LogP contribution in [0.2, 0.25) is 0 Å². The van der Waals surface area contributed by atoms with E-state index in [0.29, 0.717) is 31.0 Å². The van der Waals surface area contributed by atoms with E-state index in [9.17, 15) is 9.59 Å². The van der Waals surface area contributed by atoms with E-state index in [4.69, 9.17) is 19.0 Å². The highest BCUT2D eigenvalue weighted by Gasteiger charge is 2.21. The minimum absolute atomic E-state index is 0.0509. The standard InChI is InChI=1S/C30H32N2O6S/c1-20(2)38-26(29(33)35-3)18-21-10-13-24(14-11-21)37-17-16-32-25-15-12-23(19-27(25)39-30(32)34)28(31-36-4)22-8-6-5-7-9-22/h5-15,19-20,26H,16-18H2,1-4H3. The van der Waals surface area contributed by atoms with E-state index in [-0.39, 0.29) is 11.0 Å². The third-order valence-electron chi connectivity index (χ3n) is 6.00. The van der Waals surface area contributed by atoms with Crippen LogP contribution in [0.4, 0.5) is 0 Å². The number of oxime groups is 1. The molecule has 4 aromatic rings. The van der Waals surface area contributed by atoms with Crippen molar-refractivity contribution in [2.45, 2.75) is 39.0 Å². The lowest BCUT2D eigenvalue weighted by atomic mass is 10.0. The molecule has 0 bridgehead atoms. The fourth-order valence-corrected chi connectivity index (χ4v) is 5.18. The van der Waals surface area contributed by atoms with Crippen molar-refractivity contribution in [2.75, 3.05) is 20.8 Å². The maximum atomic E-state index is 12.8. The van der Waals surface area contributed by atoms with Crippen LogP contribution in [-0.2, 0) is 32.1 Å². The summed E-state index contributed by atoms with van der Waals surface area (Å²) in [5.74, 6) is 0.281. The van der Waals surface area contributed by atoms with Gasteiger partial charge in [-0.05, 0) is 43.7 Å². The van der Waals surface area contributed by atoms with Gasteiger partial charge in [-0.1, -0.05) is 65.0 Å². The van der Waals surface area contributed by atoms with Crippen LogP contribution in [0.15, 0.2) is 82.7 Å². The normalized spacial score (nSPS) is 12.5. The summed E-state index contributed by atoms with van der Waals surface area (Å²) in [5.41, 5.74) is 4.28. The molecule has 1 atom stereocenters. The van der Waals surface area contributed by atoms with Crippen molar-refractivity contribution >= 4 is 33.2 Å². The number of esters is 1. The zero-order valence-electron chi connectivity index (χ0n) is 22.5. The molecule has 9 heteroatoms. The first-order chi connectivity index (χ1) is 18.9. The molecule has 0 aliphatic carbocycles. The lowest BCUT2D eigenvalue weighted by molar-refractivity contribution is -0.156. The number of fused-ring (bicyclic) bond motifs is 1. The van der Waals surface area contributed by atoms with Crippen molar-refractivity contribution in [3.05, 3.63) is 99.2 Å². The van der Waals surface area contributed by atoms with Crippen LogP contribution in [-0.4, -0.2) is 49.3 Å². The van der Waals surface area contributed by atoms with Gasteiger partial charge in [0, 0.05) is 17.5 Å². The number of carbonyl (C=O) groups is 1. The van der Waals surface area contributed by atoms with Crippen molar-refractivity contribution in [1.82, 2.24) is 4.57 Å². The molecule has 8 nitrogen and oxygen atoms in total. The largest absolute Gasteiger partial charge is 0.492 e. The summed E-state index contributed by atoms with van der Waals surface area (Å²) in [7, 11) is 2.87. The molecule has 0 saturated heterocycles. The number of carbonyl (C=O) groups excluding carboxylic acids is 1. The number of aromatic nitrogens is 1. The molecule has 0 spiro atoms. The molecular formula is C30H32N2O6S. The topological polar surface area (TPSA) is 88.4 Å². The van der Waals surface area contributed by atoms with Crippen LogP contribution in [0.25, 0.3) is 10.2 Å². The Balaban J connectivity index is 1.42. The second-order valence-electron chi connectivity index (χ2n) is 9.08. The summed E-state index contributed by atoms with van der Waals surface area (Å²) >= 11 is 1.19. The third kappa shape index (κ3) is 7.13. The van der Waals surface area contributed by atoms with Crippen molar-refractivity contribution < 1.29 is 23.8 Å². The second kappa shape index (κ2) is 13.2. The summed E-state index contributed by atoms with van der Waals surface area (Å²) in [6, 6.07) is 23.1. The predicted molar refractivity (Wildman–Crippen MR) is 153 cm³/mol. The SMILES string of the molecule is CON=C(c1ccccc1)c1ccc2c(c1)sc(=O)n2CCOc1ccc(CC(OC(C)C)C(=O)OC)cc1. The molecule has 0 aliphatic rings. The van der Waals surface area contributed by atoms with Gasteiger partial charge in [0.1, 0.15) is 25.2 Å². The average molecular weight is 549 g/mol. The van der Waals surface area contributed by atoms with Crippen molar-refractivity contribution in [1.29, 1.82) is 0 Å². The molecule has 0 amide bonds. The highest BCUT2D eigenvalue weighted by Crippen LogP contribution is 2.22. The van der Waals surface area contributed by atoms with Crippen LogP contribution in [0.1, 0.15) is 30.5 Å². The molecule has 1 unspecified atom stereocenters. The van der Waals surface area contributed by atoms with E-state index in [0.717, 1.165) is 26.9 Å². The molecule has 0 saturated carbocycles. The van der Waals surface area contributed by atoms with E-state index in [1.807, 2.05) is 86.6 Å². The van der Waals surface area contributed by atoms with Crippen LogP contribution in [0, 0.1) is 0 Å². The van der Waals surface area contributed by atoms with Gasteiger partial charge in [0.25, 0.3) is 0 Å². The van der Waals surface area contributed by atoms with Gasteiger partial charge in [0.05, 0.1) is 30.0 Å². The highest BCUT2D eigenvalue weighted by atomic mass is 32.1. The lowest BCUT2D eigenvalue weighted by Gasteiger charge is -2.18. The number of nitrogens with zero attached hydrogens (tertiary/aromatic N) is 2. The van der Waals surface area contributed by atoms with E-state index in [1.54, 1.807) is 4.57 Å². The highest BCUT2D eigenvalue weighted by molar-refractivity contribution is 7.16. The minimum atomic E-state index is -0.662. The van der Waals surface area contributed by atoms with Gasteiger partial charge >= 0.3 is 10.8 Å². The third-order valence-corrected chi connectivity index (χ3v) is 6.94. The van der Waals surface area contributed by atoms with Gasteiger partial charge in [-0.2, -0.15) is 0 Å². The number of rotatable bonds is 12. The van der Waals surface area contributed by atoms with Gasteiger partial charge in [0.2, 0.25) is 0 Å². The first-order valence-corrected chi connectivity index (χ1v) is 13.5. The number of thiazole rings is 1. The smallest absolute Gasteiger partial charge is 0.335 e. The molecule has 4 rings (SSSR count). The van der Waals surface area contributed by atoms with Crippen LogP contribution in [0.3, 0.4) is 0 Å². The number of hydrogen-bond donors (Lipinski definition) is 0. The number of hydrogen-bond acceptors (Lipinski definition) is 8. The van der Waals surface area contributed by atoms with E-state index in [1.165, 1.54) is 25.6 Å². The Morgan fingerprint density at radius 2 is 1.72 bits per heavy atom. The van der Waals surface area contributed by atoms with Crippen molar-refractivity contribution in [3.8, 4) is 5.75 Å². The minimum Gasteiger partial charge on any atom is -0.492 e. The van der Waals surface area contributed by atoms with E-state index < -0.39 is 12.1 Å². The number of benzene rings is 3. The Kier molecular flexibility index (Phi) is 9.51. The molecular weight excluding hydrogens is 516 g/mol. The molecule has 0 fully saturated rings. The van der Waals surface area contributed by atoms with Crippen LogP contribution < -0.4 is 9.61 Å². The van der Waals surface area contributed by atoms with Crippen LogP contribution in [0.5, 0.6) is 5.75 Å². The van der Waals surface area contributed by atoms with Crippen molar-refractivity contribution in [3.63, 3.8) is 0 Å². The Hall–Kier alpha value is -3.95. The van der Waals surface area contributed by atoms with Gasteiger partial charge in [-0.3, -0.25) is 9.36 Å². The molecule has 1 aromatic heterocycles. The molecule has 0 radical (unpaired) electrons. The van der Waals surface area contributed by atoms with E-state index in [2.05, 4.69) is 5.16 Å². The van der Waals surface area contributed by atoms with Crippen molar-refractivity contribution in [2.24, 2.45) is 5.16 Å². The maximum absolute atomic E-state index is 12.8. The average Bonchev–Trinajstić information content (AvgIpc) is 3.26. The Bertz CT molecular complexity index is 1480. The Labute approximate surface area is 231 Å². The summed E-state index contributed by atoms with van der Waals surface area (Å²) in [4.78, 5) is 29.8. The Morgan fingerprint density at radius 1 is 0.974 bits per heavy atom. The zero-order valence-corrected chi connectivity index (χ0v) is 23.3. The monoisotopic (exact) mass is 548 g/mol. The fourth-order valence-electron chi connectivity index (χ4n) is 4.22. The quantitative estimate of drug-likeness (QED) is 0.140. The first-order valence-electron chi connectivity index (χ1n) is 12.6. The van der Waals surface area contributed by atoms with Gasteiger partial charge in [-0.25, -0.2) is 4.79 Å². The predicted octanol–water partition coefficient (Wildman–Crippen LogP) is 5.05. The number of ether oxygens (including phenoxy) is 3. The molecule has 39 heavy (non-hydrogen) atoms. The maximum Gasteiger partial charge on any atom is 0.335 e. The number of methoxy groups -OCH3 is 1. The first kappa shape index (κ1) is 28.1. The Morgan fingerprint density at radius 3 is 2.38 bits per heavy atom. The summed E-state index contributed by atoms with van der Waals surface area (Å²) in [6.07, 6.45) is -0.348. The zero-order chi connectivity index (χ0) is 27.8. The fraction of sp³-hybridized carbons (Fsp3) is 0.300. The van der Waals surface area contributed by atoms with Gasteiger partial charge in [-0.15, -0.1) is 0 Å². The summed E-state index contributed by atoms with van der Waals surface area (Å²) in [6.45, 7) is 4.50. The second-order valence-corrected chi connectivity index (χ2v) is 10.1. The van der Waals surface area contributed by atoms with Gasteiger partial charge in [0.15, 0.2) is 6.10 Å². The molecule has 0 N–H and O–H groups in total. The lowest BCUT2D eigenvalue weighted by Crippen LogP contribution is -2.30. The molecule has 204 valence electrons. The molecule has 1 heterocycles. The molecule has 3 aromatic carbocycles. The molecule has 0 aliphatic heterocycles. The van der Waals surface area contributed by atoms with E-state index >= 15 is 0 Å². The van der Waals surface area contributed by atoms with Crippen LogP contribution >= 0.6 is 11.3 Å². The van der Waals surface area contributed by atoms with Gasteiger partial charge < -0.3 is 19.0 Å². The summed E-state index contributed by atoms with van der Waals surface area (Å²) < 4.78 is 19.1. The summed E-state index contributed by atoms with van der Waals surface area (Å²) in [5, 5.41) is 4.22.